The summed E-state index contributed by atoms with van der Waals surface area (Å²) < 4.78 is 13.3. The number of phenolic OH excluding ortho intramolecular Hbond substituents is 1. The van der Waals surface area contributed by atoms with Gasteiger partial charge in [-0.25, -0.2) is 4.39 Å². The van der Waals surface area contributed by atoms with Crippen molar-refractivity contribution in [3.8, 4) is 5.75 Å². The van der Waals surface area contributed by atoms with E-state index in [-0.39, 0.29) is 23.3 Å². The van der Waals surface area contributed by atoms with E-state index in [1.54, 1.807) is 0 Å². The predicted molar refractivity (Wildman–Crippen MR) is 82.4 cm³/mol. The topological polar surface area (TPSA) is 52.6 Å². The third-order valence-electron chi connectivity index (χ3n) is 5.03. The average molecular weight is 306 g/mol. The van der Waals surface area contributed by atoms with Crippen molar-refractivity contribution in [3.05, 3.63) is 29.6 Å². The number of hydrogen-bond donors (Lipinski definition) is 2. The smallest absolute Gasteiger partial charge is 0.255 e. The predicted octanol–water partition coefficient (Wildman–Crippen LogP) is 2.67. The first kappa shape index (κ1) is 15.3. The number of amides is 1. The summed E-state index contributed by atoms with van der Waals surface area (Å²) in [5.74, 6) is -1.08. The first-order chi connectivity index (χ1) is 10.5. The van der Waals surface area contributed by atoms with Crippen molar-refractivity contribution in [2.45, 2.75) is 57.2 Å². The summed E-state index contributed by atoms with van der Waals surface area (Å²) in [4.78, 5) is 14.8. The standard InChI is InChI=1S/C17H23FN2O2/c1-11-3-2-4-14-10-13(7-8-20(11)14)19-17(22)15-9-12(18)5-6-16(15)21/h5-6,9,11,13-14,21H,2-4,7-8,10H2,1H3,(H,19,22)/t11-,13+,14-/m1/s1. The normalized spacial score (nSPS) is 28.9. The fraction of sp³-hybridized carbons (Fsp3) is 0.588. The quantitative estimate of drug-likeness (QED) is 0.883. The number of phenols is 1. The molecule has 0 saturated carbocycles. The molecule has 2 fully saturated rings. The number of carbonyl (C=O) groups excluding carboxylic acids is 1. The van der Waals surface area contributed by atoms with Crippen molar-refractivity contribution in [3.63, 3.8) is 0 Å². The highest BCUT2D eigenvalue weighted by molar-refractivity contribution is 5.97. The summed E-state index contributed by atoms with van der Waals surface area (Å²) in [7, 11) is 0. The lowest BCUT2D eigenvalue weighted by Gasteiger charge is -2.46. The lowest BCUT2D eigenvalue weighted by molar-refractivity contribution is 0.0457. The monoisotopic (exact) mass is 306 g/mol. The molecule has 0 radical (unpaired) electrons. The fourth-order valence-corrected chi connectivity index (χ4v) is 3.83. The summed E-state index contributed by atoms with van der Waals surface area (Å²) in [6.45, 7) is 3.27. The second-order valence-electron chi connectivity index (χ2n) is 6.53. The number of nitrogens with zero attached hydrogens (tertiary/aromatic N) is 1. The van der Waals surface area contributed by atoms with E-state index in [1.807, 2.05) is 0 Å². The molecule has 2 aliphatic heterocycles. The molecule has 2 N–H and O–H groups in total. The van der Waals surface area contributed by atoms with Crippen LogP contribution < -0.4 is 5.32 Å². The van der Waals surface area contributed by atoms with Crippen LogP contribution in [-0.4, -0.2) is 40.6 Å². The maximum atomic E-state index is 13.3. The van der Waals surface area contributed by atoms with Crippen molar-refractivity contribution < 1.29 is 14.3 Å². The number of benzene rings is 1. The van der Waals surface area contributed by atoms with Gasteiger partial charge >= 0.3 is 0 Å². The Morgan fingerprint density at radius 2 is 2.18 bits per heavy atom. The molecule has 0 aliphatic carbocycles. The molecule has 0 spiro atoms. The molecule has 120 valence electrons. The minimum atomic E-state index is -0.515. The molecule has 3 atom stereocenters. The highest BCUT2D eigenvalue weighted by atomic mass is 19.1. The Morgan fingerprint density at radius 1 is 1.36 bits per heavy atom. The van der Waals surface area contributed by atoms with Crippen molar-refractivity contribution in [1.82, 2.24) is 10.2 Å². The van der Waals surface area contributed by atoms with Crippen LogP contribution in [0.4, 0.5) is 4.39 Å². The molecule has 2 saturated heterocycles. The Morgan fingerprint density at radius 3 is 3.00 bits per heavy atom. The zero-order valence-corrected chi connectivity index (χ0v) is 12.9. The van der Waals surface area contributed by atoms with Gasteiger partial charge in [-0.05, 0) is 50.8 Å². The molecule has 0 unspecified atom stereocenters. The summed E-state index contributed by atoms with van der Waals surface area (Å²) in [6.07, 6.45) is 5.52. The van der Waals surface area contributed by atoms with Crippen LogP contribution in [-0.2, 0) is 0 Å². The van der Waals surface area contributed by atoms with E-state index in [4.69, 9.17) is 0 Å². The molecular formula is C17H23FN2O2. The molecule has 5 heteroatoms. The van der Waals surface area contributed by atoms with Crippen LogP contribution in [0.15, 0.2) is 18.2 Å². The van der Waals surface area contributed by atoms with Gasteiger partial charge in [-0.3, -0.25) is 9.69 Å². The van der Waals surface area contributed by atoms with Crippen LogP contribution in [0.25, 0.3) is 0 Å². The molecule has 0 bridgehead atoms. The summed E-state index contributed by atoms with van der Waals surface area (Å²) in [5.41, 5.74) is 0.0134. The molecule has 3 rings (SSSR count). The molecule has 1 aromatic rings. The van der Waals surface area contributed by atoms with E-state index in [0.717, 1.165) is 31.5 Å². The van der Waals surface area contributed by atoms with E-state index < -0.39 is 5.82 Å². The number of nitrogens with one attached hydrogen (secondary N) is 1. The summed E-state index contributed by atoms with van der Waals surface area (Å²) in [5, 5.41) is 12.7. The number of piperidine rings is 2. The van der Waals surface area contributed by atoms with Gasteiger partial charge in [-0.15, -0.1) is 0 Å². The molecule has 22 heavy (non-hydrogen) atoms. The largest absolute Gasteiger partial charge is 0.507 e. The Bertz CT molecular complexity index is 564. The lowest BCUT2D eigenvalue weighted by Crippen LogP contribution is -2.54. The maximum absolute atomic E-state index is 13.3. The second-order valence-corrected chi connectivity index (χ2v) is 6.53. The molecule has 2 heterocycles. The highest BCUT2D eigenvalue weighted by Gasteiger charge is 2.34. The molecule has 2 aliphatic rings. The van der Waals surface area contributed by atoms with Gasteiger partial charge in [0.1, 0.15) is 11.6 Å². The number of fused-ring (bicyclic) bond motifs is 1. The van der Waals surface area contributed by atoms with Gasteiger partial charge in [0.2, 0.25) is 0 Å². The van der Waals surface area contributed by atoms with Crippen molar-refractivity contribution in [2.24, 2.45) is 0 Å². The minimum Gasteiger partial charge on any atom is -0.507 e. The second kappa shape index (κ2) is 6.24. The Hall–Kier alpha value is -1.62. The van der Waals surface area contributed by atoms with Gasteiger partial charge < -0.3 is 10.4 Å². The first-order valence-corrected chi connectivity index (χ1v) is 8.09. The number of aromatic hydroxyl groups is 1. The van der Waals surface area contributed by atoms with Crippen molar-refractivity contribution in [2.75, 3.05) is 6.54 Å². The highest BCUT2D eigenvalue weighted by Crippen LogP contribution is 2.30. The van der Waals surface area contributed by atoms with Crippen LogP contribution in [0.2, 0.25) is 0 Å². The van der Waals surface area contributed by atoms with Crippen LogP contribution >= 0.6 is 0 Å². The number of hydrogen-bond acceptors (Lipinski definition) is 3. The lowest BCUT2D eigenvalue weighted by atomic mass is 9.87. The maximum Gasteiger partial charge on any atom is 0.255 e. The molecule has 1 amide bonds. The van der Waals surface area contributed by atoms with Crippen molar-refractivity contribution in [1.29, 1.82) is 0 Å². The fourth-order valence-electron chi connectivity index (χ4n) is 3.83. The van der Waals surface area contributed by atoms with E-state index >= 15 is 0 Å². The van der Waals surface area contributed by atoms with Crippen LogP contribution in [0.3, 0.4) is 0 Å². The van der Waals surface area contributed by atoms with Gasteiger partial charge in [-0.2, -0.15) is 0 Å². The average Bonchev–Trinajstić information content (AvgIpc) is 2.50. The van der Waals surface area contributed by atoms with Gasteiger partial charge in [0.25, 0.3) is 5.91 Å². The van der Waals surface area contributed by atoms with Gasteiger partial charge in [-0.1, -0.05) is 6.42 Å². The van der Waals surface area contributed by atoms with E-state index in [0.29, 0.717) is 12.1 Å². The van der Waals surface area contributed by atoms with Crippen LogP contribution in [0.5, 0.6) is 5.75 Å². The zero-order chi connectivity index (χ0) is 15.7. The van der Waals surface area contributed by atoms with Gasteiger partial charge in [0, 0.05) is 24.7 Å². The Kier molecular flexibility index (Phi) is 4.34. The molecule has 4 nitrogen and oxygen atoms in total. The van der Waals surface area contributed by atoms with Crippen LogP contribution in [0, 0.1) is 5.82 Å². The van der Waals surface area contributed by atoms with Crippen molar-refractivity contribution >= 4 is 5.91 Å². The molecule has 0 aromatic heterocycles. The third-order valence-corrected chi connectivity index (χ3v) is 5.03. The summed E-state index contributed by atoms with van der Waals surface area (Å²) in [6, 6.07) is 4.71. The third kappa shape index (κ3) is 3.09. The number of carbonyl (C=O) groups is 1. The first-order valence-electron chi connectivity index (χ1n) is 8.09. The molecular weight excluding hydrogens is 283 g/mol. The Labute approximate surface area is 130 Å². The van der Waals surface area contributed by atoms with Crippen LogP contribution in [0.1, 0.15) is 49.4 Å². The minimum absolute atomic E-state index is 0.0134. The van der Waals surface area contributed by atoms with E-state index in [1.165, 1.54) is 25.3 Å². The van der Waals surface area contributed by atoms with Gasteiger partial charge in [0.15, 0.2) is 0 Å². The number of halogens is 1. The molecule has 1 aromatic carbocycles. The Balaban J connectivity index is 1.64. The zero-order valence-electron chi connectivity index (χ0n) is 12.9. The van der Waals surface area contributed by atoms with E-state index in [2.05, 4.69) is 17.1 Å². The number of rotatable bonds is 2. The van der Waals surface area contributed by atoms with E-state index in [9.17, 15) is 14.3 Å². The summed E-state index contributed by atoms with van der Waals surface area (Å²) >= 11 is 0. The van der Waals surface area contributed by atoms with Gasteiger partial charge in [0.05, 0.1) is 5.56 Å². The SMILES string of the molecule is C[C@@H]1CCC[C@@H]2C[C@@H](NC(=O)c3cc(F)ccc3O)CCN21.